The number of rotatable bonds is 4. The zero-order chi connectivity index (χ0) is 15.5. The maximum absolute atomic E-state index is 12.2. The van der Waals surface area contributed by atoms with E-state index in [9.17, 15) is 9.59 Å². The third kappa shape index (κ3) is 3.04. The summed E-state index contributed by atoms with van der Waals surface area (Å²) in [5.74, 6) is -0.666. The van der Waals surface area contributed by atoms with Crippen molar-refractivity contribution >= 4 is 23.2 Å². The molecule has 0 radical (unpaired) electrons. The number of carbonyl (C=O) groups excluding carboxylic acids is 2. The molecular weight excluding hydrogens is 298 g/mol. The molecule has 1 aliphatic rings. The lowest BCUT2D eigenvalue weighted by Crippen LogP contribution is -2.41. The van der Waals surface area contributed by atoms with Crippen LogP contribution in [0.2, 0.25) is 0 Å². The summed E-state index contributed by atoms with van der Waals surface area (Å²) < 4.78 is 5.24. The minimum Gasteiger partial charge on any atom is -0.448 e. The summed E-state index contributed by atoms with van der Waals surface area (Å²) in [6.45, 7) is 2.58. The summed E-state index contributed by atoms with van der Waals surface area (Å²) in [7, 11) is 0. The first-order chi connectivity index (χ1) is 10.7. The number of carbonyl (C=O) groups is 2. The van der Waals surface area contributed by atoms with Crippen LogP contribution in [-0.2, 0) is 28.9 Å². The molecule has 0 saturated carbocycles. The molecule has 2 heterocycles. The van der Waals surface area contributed by atoms with Gasteiger partial charge in [-0.1, -0.05) is 25.1 Å². The first kappa shape index (κ1) is 14.8. The Hall–Kier alpha value is -2.14. The molecule has 4 nitrogen and oxygen atoms in total. The number of thiophene rings is 1. The molecule has 1 amide bonds. The SMILES string of the molecule is CCc1ccc(CNC(=O)[C@@H]2Cc3ccccc3C(=O)O2)s1. The van der Waals surface area contributed by atoms with E-state index in [1.54, 1.807) is 23.5 Å². The van der Waals surface area contributed by atoms with Gasteiger partial charge in [-0.3, -0.25) is 4.79 Å². The summed E-state index contributed by atoms with van der Waals surface area (Å²) in [6.07, 6.45) is 0.682. The average Bonchev–Trinajstić information content (AvgIpc) is 3.00. The molecule has 0 spiro atoms. The Morgan fingerprint density at radius 2 is 2.05 bits per heavy atom. The highest BCUT2D eigenvalue weighted by molar-refractivity contribution is 7.11. The summed E-state index contributed by atoms with van der Waals surface area (Å²) in [5, 5.41) is 2.85. The van der Waals surface area contributed by atoms with Crippen molar-refractivity contribution in [3.8, 4) is 0 Å². The van der Waals surface area contributed by atoms with Gasteiger partial charge in [0.05, 0.1) is 12.1 Å². The van der Waals surface area contributed by atoms with Gasteiger partial charge in [0.15, 0.2) is 6.10 Å². The maximum atomic E-state index is 12.2. The Kier molecular flexibility index (Phi) is 4.24. The zero-order valence-corrected chi connectivity index (χ0v) is 13.1. The van der Waals surface area contributed by atoms with Crippen LogP contribution in [0.4, 0.5) is 0 Å². The highest BCUT2D eigenvalue weighted by atomic mass is 32.1. The molecular formula is C17H17NO3S. The molecule has 0 saturated heterocycles. The van der Waals surface area contributed by atoms with Crippen molar-refractivity contribution in [2.75, 3.05) is 0 Å². The van der Waals surface area contributed by atoms with Gasteiger partial charge < -0.3 is 10.1 Å². The van der Waals surface area contributed by atoms with E-state index in [0.29, 0.717) is 18.5 Å². The van der Waals surface area contributed by atoms with Crippen molar-refractivity contribution in [3.63, 3.8) is 0 Å². The van der Waals surface area contributed by atoms with Gasteiger partial charge in [0.1, 0.15) is 0 Å². The second-order valence-electron chi connectivity index (χ2n) is 5.19. The Bertz CT molecular complexity index is 707. The molecule has 1 aromatic carbocycles. The Morgan fingerprint density at radius 1 is 1.27 bits per heavy atom. The first-order valence-corrected chi connectivity index (χ1v) is 8.13. The zero-order valence-electron chi connectivity index (χ0n) is 12.3. The smallest absolute Gasteiger partial charge is 0.339 e. The minimum absolute atomic E-state index is 0.241. The number of nitrogens with one attached hydrogen (secondary N) is 1. The van der Waals surface area contributed by atoms with Crippen molar-refractivity contribution < 1.29 is 14.3 Å². The first-order valence-electron chi connectivity index (χ1n) is 7.31. The molecule has 1 atom stereocenters. The van der Waals surface area contributed by atoms with E-state index in [0.717, 1.165) is 16.9 Å². The number of hydrogen-bond donors (Lipinski definition) is 1. The molecule has 0 aliphatic carbocycles. The predicted octanol–water partition coefficient (Wildman–Crippen LogP) is 2.71. The average molecular weight is 315 g/mol. The molecule has 1 aromatic heterocycles. The van der Waals surface area contributed by atoms with Gasteiger partial charge in [-0.2, -0.15) is 0 Å². The lowest BCUT2D eigenvalue weighted by molar-refractivity contribution is -0.130. The molecule has 0 fully saturated rings. The van der Waals surface area contributed by atoms with Crippen LogP contribution in [-0.4, -0.2) is 18.0 Å². The van der Waals surface area contributed by atoms with Crippen molar-refractivity contribution in [1.29, 1.82) is 0 Å². The molecule has 1 N–H and O–H groups in total. The molecule has 1 aliphatic heterocycles. The molecule has 0 bridgehead atoms. The van der Waals surface area contributed by atoms with E-state index >= 15 is 0 Å². The van der Waals surface area contributed by atoms with Gasteiger partial charge in [0, 0.05) is 16.2 Å². The number of hydrogen-bond acceptors (Lipinski definition) is 4. The lowest BCUT2D eigenvalue weighted by Gasteiger charge is -2.23. The van der Waals surface area contributed by atoms with Gasteiger partial charge in [-0.05, 0) is 30.2 Å². The highest BCUT2D eigenvalue weighted by Crippen LogP contribution is 2.21. The maximum Gasteiger partial charge on any atom is 0.339 e. The van der Waals surface area contributed by atoms with E-state index < -0.39 is 12.1 Å². The summed E-state index contributed by atoms with van der Waals surface area (Å²) in [6, 6.07) is 11.3. The molecule has 22 heavy (non-hydrogen) atoms. The van der Waals surface area contributed by atoms with Crippen molar-refractivity contribution in [2.24, 2.45) is 0 Å². The molecule has 5 heteroatoms. The number of fused-ring (bicyclic) bond motifs is 1. The van der Waals surface area contributed by atoms with E-state index in [-0.39, 0.29) is 5.91 Å². The van der Waals surface area contributed by atoms with Gasteiger partial charge in [-0.25, -0.2) is 4.79 Å². The third-order valence-corrected chi connectivity index (χ3v) is 4.92. The lowest BCUT2D eigenvalue weighted by atomic mass is 9.98. The fraction of sp³-hybridized carbons (Fsp3) is 0.294. The quantitative estimate of drug-likeness (QED) is 0.883. The number of amides is 1. The summed E-state index contributed by atoms with van der Waals surface area (Å²) in [4.78, 5) is 26.5. The van der Waals surface area contributed by atoms with Crippen LogP contribution in [0.5, 0.6) is 0 Å². The van der Waals surface area contributed by atoms with Crippen molar-refractivity contribution in [1.82, 2.24) is 5.32 Å². The van der Waals surface area contributed by atoms with Crippen LogP contribution < -0.4 is 5.32 Å². The van der Waals surface area contributed by atoms with Crippen LogP contribution in [0.3, 0.4) is 0 Å². The van der Waals surface area contributed by atoms with E-state index in [1.807, 2.05) is 18.2 Å². The number of cyclic esters (lactones) is 1. The molecule has 0 unspecified atom stereocenters. The second kappa shape index (κ2) is 6.32. The van der Waals surface area contributed by atoms with Crippen molar-refractivity contribution in [2.45, 2.75) is 32.4 Å². The summed E-state index contributed by atoms with van der Waals surface area (Å²) in [5.41, 5.74) is 1.42. The largest absolute Gasteiger partial charge is 0.448 e. The second-order valence-corrected chi connectivity index (χ2v) is 6.45. The normalized spacial score (nSPS) is 16.8. The van der Waals surface area contributed by atoms with Crippen LogP contribution in [0.25, 0.3) is 0 Å². The predicted molar refractivity (Wildman–Crippen MR) is 84.9 cm³/mol. The van der Waals surface area contributed by atoms with Gasteiger partial charge >= 0.3 is 5.97 Å². The minimum atomic E-state index is -0.743. The number of ether oxygens (including phenoxy) is 1. The Labute approximate surface area is 133 Å². The monoisotopic (exact) mass is 315 g/mol. The summed E-state index contributed by atoms with van der Waals surface area (Å²) >= 11 is 1.69. The standard InChI is InChI=1S/C17H17NO3S/c1-2-12-7-8-13(22-12)10-18-16(19)15-9-11-5-3-4-6-14(11)17(20)21-15/h3-8,15H,2,9-10H2,1H3,(H,18,19)/t15-/m0/s1. The number of esters is 1. The van der Waals surface area contributed by atoms with E-state index in [4.69, 9.17) is 4.74 Å². The molecule has 3 rings (SSSR count). The van der Waals surface area contributed by atoms with E-state index in [2.05, 4.69) is 18.3 Å². The van der Waals surface area contributed by atoms with Crippen LogP contribution in [0, 0.1) is 0 Å². The van der Waals surface area contributed by atoms with Crippen LogP contribution in [0.15, 0.2) is 36.4 Å². The molecule has 114 valence electrons. The third-order valence-electron chi connectivity index (χ3n) is 3.69. The van der Waals surface area contributed by atoms with Gasteiger partial charge in [0.25, 0.3) is 5.91 Å². The fourth-order valence-corrected chi connectivity index (χ4v) is 3.37. The Balaban J connectivity index is 1.63. The van der Waals surface area contributed by atoms with Crippen LogP contribution >= 0.6 is 11.3 Å². The van der Waals surface area contributed by atoms with Crippen molar-refractivity contribution in [3.05, 3.63) is 57.3 Å². The topological polar surface area (TPSA) is 55.4 Å². The van der Waals surface area contributed by atoms with Gasteiger partial charge in [0.2, 0.25) is 0 Å². The highest BCUT2D eigenvalue weighted by Gasteiger charge is 2.30. The Morgan fingerprint density at radius 3 is 2.82 bits per heavy atom. The fourth-order valence-electron chi connectivity index (χ4n) is 2.47. The number of aryl methyl sites for hydroxylation is 1. The van der Waals surface area contributed by atoms with Gasteiger partial charge in [-0.15, -0.1) is 11.3 Å². The number of benzene rings is 1. The van der Waals surface area contributed by atoms with E-state index in [1.165, 1.54) is 4.88 Å². The van der Waals surface area contributed by atoms with Crippen LogP contribution in [0.1, 0.15) is 32.6 Å². The molecule has 2 aromatic rings.